The van der Waals surface area contributed by atoms with Gasteiger partial charge in [-0.05, 0) is 28.1 Å². The molecule has 8 heteroatoms. The molecule has 1 aromatic heterocycles. The molecule has 0 unspecified atom stereocenters. The third kappa shape index (κ3) is 3.57. The minimum atomic E-state index is -0.472. The Bertz CT molecular complexity index is 514. The maximum atomic E-state index is 11.8. The second-order valence-corrected chi connectivity index (χ2v) is 4.73. The van der Waals surface area contributed by atoms with Crippen LogP contribution in [0.25, 0.3) is 0 Å². The molecule has 0 radical (unpaired) electrons. The third-order valence-electron chi connectivity index (χ3n) is 2.59. The summed E-state index contributed by atoms with van der Waals surface area (Å²) in [6, 6.07) is 3.09. The van der Waals surface area contributed by atoms with Crippen molar-refractivity contribution in [2.24, 2.45) is 0 Å². The van der Waals surface area contributed by atoms with Crippen molar-refractivity contribution in [3.63, 3.8) is 0 Å². The Morgan fingerprint density at radius 3 is 2.89 bits per heavy atom. The van der Waals surface area contributed by atoms with Gasteiger partial charge in [0.05, 0.1) is 13.1 Å². The van der Waals surface area contributed by atoms with Gasteiger partial charge in [-0.2, -0.15) is 0 Å². The van der Waals surface area contributed by atoms with Crippen molar-refractivity contribution in [3.8, 4) is 0 Å². The Kier molecular flexibility index (Phi) is 4.20. The Hall–Kier alpha value is -1.83. The van der Waals surface area contributed by atoms with Crippen molar-refractivity contribution in [2.45, 2.75) is 0 Å². The molecule has 0 saturated carbocycles. The molecule has 102 valence electrons. The molecule has 3 amide bonds. The number of hydrogen-bond donors (Lipinski definition) is 2. The van der Waals surface area contributed by atoms with Crippen molar-refractivity contribution in [3.05, 3.63) is 22.6 Å². The van der Waals surface area contributed by atoms with E-state index in [1.807, 2.05) is 0 Å². The summed E-state index contributed by atoms with van der Waals surface area (Å²) in [5.41, 5.74) is 0. The van der Waals surface area contributed by atoms with E-state index in [9.17, 15) is 14.4 Å². The highest BCUT2D eigenvalue weighted by Crippen LogP contribution is 2.13. The molecule has 1 aliphatic heterocycles. The van der Waals surface area contributed by atoms with Gasteiger partial charge in [0.25, 0.3) is 5.91 Å². The fraction of sp³-hybridized carbons (Fsp3) is 0.364. The number of halogens is 1. The van der Waals surface area contributed by atoms with Gasteiger partial charge < -0.3 is 20.0 Å². The van der Waals surface area contributed by atoms with Crippen LogP contribution in [0.15, 0.2) is 21.2 Å². The number of hydrogen-bond acceptors (Lipinski definition) is 4. The normalized spacial score (nSPS) is 15.0. The molecule has 0 aromatic carbocycles. The van der Waals surface area contributed by atoms with Crippen LogP contribution >= 0.6 is 15.9 Å². The third-order valence-corrected chi connectivity index (χ3v) is 3.01. The maximum Gasteiger partial charge on any atom is 0.287 e. The highest BCUT2D eigenvalue weighted by atomic mass is 79.9. The first-order chi connectivity index (χ1) is 9.06. The van der Waals surface area contributed by atoms with E-state index in [0.29, 0.717) is 17.8 Å². The Morgan fingerprint density at radius 1 is 1.47 bits per heavy atom. The van der Waals surface area contributed by atoms with Gasteiger partial charge in [-0.25, -0.2) is 0 Å². The van der Waals surface area contributed by atoms with Gasteiger partial charge in [-0.15, -0.1) is 0 Å². The Balaban J connectivity index is 1.83. The molecule has 1 aliphatic rings. The van der Waals surface area contributed by atoms with E-state index >= 15 is 0 Å². The molecule has 0 aliphatic carbocycles. The lowest BCUT2D eigenvalue weighted by atomic mass is 10.3. The van der Waals surface area contributed by atoms with Crippen LogP contribution in [0, 0.1) is 0 Å². The van der Waals surface area contributed by atoms with Crippen LogP contribution in [0.5, 0.6) is 0 Å². The van der Waals surface area contributed by atoms with Crippen molar-refractivity contribution < 1.29 is 18.8 Å². The number of piperazine rings is 1. The summed E-state index contributed by atoms with van der Waals surface area (Å²) in [4.78, 5) is 35.9. The average molecular weight is 330 g/mol. The molecule has 0 bridgehead atoms. The van der Waals surface area contributed by atoms with Crippen LogP contribution in [0.3, 0.4) is 0 Å². The minimum Gasteiger partial charge on any atom is -0.444 e. The van der Waals surface area contributed by atoms with Gasteiger partial charge in [-0.3, -0.25) is 14.4 Å². The summed E-state index contributed by atoms with van der Waals surface area (Å²) in [6.07, 6.45) is 0. The van der Waals surface area contributed by atoms with Crippen molar-refractivity contribution >= 4 is 33.7 Å². The number of carbonyl (C=O) groups is 3. The molecule has 2 N–H and O–H groups in total. The summed E-state index contributed by atoms with van der Waals surface area (Å²) < 4.78 is 5.50. The standard InChI is InChI=1S/C11H12BrN3O4/c12-8-2-1-7(19-8)11(18)14-5-10(17)15-4-3-13-9(16)6-15/h1-2H,3-6H2,(H,13,16)(H,14,18). The smallest absolute Gasteiger partial charge is 0.287 e. The molecule has 2 heterocycles. The van der Waals surface area contributed by atoms with Gasteiger partial charge in [0.15, 0.2) is 10.4 Å². The number of nitrogens with zero attached hydrogens (tertiary/aromatic N) is 1. The fourth-order valence-corrected chi connectivity index (χ4v) is 1.95. The lowest BCUT2D eigenvalue weighted by Gasteiger charge is -2.26. The maximum absolute atomic E-state index is 11.8. The Morgan fingerprint density at radius 2 is 2.26 bits per heavy atom. The van der Waals surface area contributed by atoms with Crippen molar-refractivity contribution in [1.82, 2.24) is 15.5 Å². The zero-order valence-corrected chi connectivity index (χ0v) is 11.5. The van der Waals surface area contributed by atoms with E-state index in [1.54, 1.807) is 6.07 Å². The number of carbonyl (C=O) groups excluding carboxylic acids is 3. The second-order valence-electron chi connectivity index (χ2n) is 3.95. The van der Waals surface area contributed by atoms with Crippen LogP contribution in [0.2, 0.25) is 0 Å². The summed E-state index contributed by atoms with van der Waals surface area (Å²) in [6.45, 7) is 0.752. The highest BCUT2D eigenvalue weighted by Gasteiger charge is 2.21. The molecule has 2 rings (SSSR count). The summed E-state index contributed by atoms with van der Waals surface area (Å²) in [5.74, 6) is -0.841. The van der Waals surface area contributed by atoms with Gasteiger partial charge in [0.1, 0.15) is 0 Å². The predicted molar refractivity (Wildman–Crippen MR) is 68.3 cm³/mol. The molecule has 1 saturated heterocycles. The van der Waals surface area contributed by atoms with Gasteiger partial charge in [-0.1, -0.05) is 0 Å². The highest BCUT2D eigenvalue weighted by molar-refractivity contribution is 9.10. The number of nitrogens with one attached hydrogen (secondary N) is 2. The first-order valence-corrected chi connectivity index (χ1v) is 6.43. The van der Waals surface area contributed by atoms with Crippen LogP contribution in [-0.4, -0.2) is 48.8 Å². The lowest BCUT2D eigenvalue weighted by molar-refractivity contribution is -0.137. The summed E-state index contributed by atoms with van der Waals surface area (Å²) >= 11 is 3.08. The molecule has 7 nitrogen and oxygen atoms in total. The van der Waals surface area contributed by atoms with Crippen LogP contribution in [-0.2, 0) is 9.59 Å². The van der Waals surface area contributed by atoms with E-state index in [-0.39, 0.29) is 30.7 Å². The zero-order valence-electron chi connectivity index (χ0n) is 9.94. The molecule has 0 spiro atoms. The van der Waals surface area contributed by atoms with Crippen LogP contribution < -0.4 is 10.6 Å². The van der Waals surface area contributed by atoms with Crippen LogP contribution in [0.4, 0.5) is 0 Å². The fourth-order valence-electron chi connectivity index (χ4n) is 1.64. The van der Waals surface area contributed by atoms with E-state index in [0.717, 1.165) is 0 Å². The van der Waals surface area contributed by atoms with E-state index in [1.165, 1.54) is 11.0 Å². The van der Waals surface area contributed by atoms with Crippen molar-refractivity contribution in [1.29, 1.82) is 0 Å². The molecular weight excluding hydrogens is 318 g/mol. The van der Waals surface area contributed by atoms with E-state index in [2.05, 4.69) is 26.6 Å². The molecule has 19 heavy (non-hydrogen) atoms. The number of furan rings is 1. The largest absolute Gasteiger partial charge is 0.444 e. The first-order valence-electron chi connectivity index (χ1n) is 5.64. The summed E-state index contributed by atoms with van der Waals surface area (Å²) in [5, 5.41) is 5.07. The lowest BCUT2D eigenvalue weighted by Crippen LogP contribution is -2.52. The first kappa shape index (κ1) is 13.6. The van der Waals surface area contributed by atoms with Crippen molar-refractivity contribution in [2.75, 3.05) is 26.2 Å². The Labute approximate surface area is 117 Å². The monoisotopic (exact) mass is 329 g/mol. The molecule has 1 fully saturated rings. The van der Waals surface area contributed by atoms with E-state index < -0.39 is 5.91 Å². The van der Waals surface area contributed by atoms with Gasteiger partial charge >= 0.3 is 0 Å². The zero-order chi connectivity index (χ0) is 13.8. The SMILES string of the molecule is O=C1CN(C(=O)CNC(=O)c2ccc(Br)o2)CCN1. The van der Waals surface area contributed by atoms with Crippen LogP contribution in [0.1, 0.15) is 10.6 Å². The predicted octanol–water partition coefficient (Wildman–Crippen LogP) is -0.270. The second kappa shape index (κ2) is 5.87. The average Bonchev–Trinajstić information content (AvgIpc) is 2.82. The number of amides is 3. The quantitative estimate of drug-likeness (QED) is 0.798. The molecule has 1 aromatic rings. The van der Waals surface area contributed by atoms with Gasteiger partial charge in [0, 0.05) is 13.1 Å². The van der Waals surface area contributed by atoms with Gasteiger partial charge in [0.2, 0.25) is 11.8 Å². The molecular formula is C11H12BrN3O4. The molecule has 0 atom stereocenters. The van der Waals surface area contributed by atoms with E-state index in [4.69, 9.17) is 4.42 Å². The topological polar surface area (TPSA) is 91.7 Å². The summed E-state index contributed by atoms with van der Waals surface area (Å²) in [7, 11) is 0. The number of rotatable bonds is 3. The minimum absolute atomic E-state index is 0.0288.